The van der Waals surface area contributed by atoms with Crippen LogP contribution in [0.25, 0.3) is 16.8 Å². The van der Waals surface area contributed by atoms with E-state index in [1.165, 1.54) is 7.11 Å². The van der Waals surface area contributed by atoms with Crippen LogP contribution < -0.4 is 15.8 Å². The topological polar surface area (TPSA) is 138 Å². The summed E-state index contributed by atoms with van der Waals surface area (Å²) in [4.78, 5) is 44.4. The number of primary amides is 1. The number of methoxy groups -OCH3 is 1. The molecule has 0 radical (unpaired) electrons. The largest absolute Gasteiger partial charge is 0.495 e. The first kappa shape index (κ1) is 25.7. The summed E-state index contributed by atoms with van der Waals surface area (Å²) in [7, 11) is 1.50. The summed E-state index contributed by atoms with van der Waals surface area (Å²) < 4.78 is 5.52. The molecule has 1 aromatic heterocycles. The van der Waals surface area contributed by atoms with Crippen LogP contribution in [0.1, 0.15) is 40.2 Å². The molecule has 5 rings (SSSR count). The van der Waals surface area contributed by atoms with Gasteiger partial charge in [0.2, 0.25) is 11.7 Å². The number of allylic oxidation sites excluding steroid dienone is 1. The number of amides is 2. The van der Waals surface area contributed by atoms with Crippen LogP contribution in [0, 0.1) is 11.3 Å². The predicted octanol–water partition coefficient (Wildman–Crippen LogP) is 3.53. The average molecular weight is 522 g/mol. The van der Waals surface area contributed by atoms with Gasteiger partial charge in [-0.05, 0) is 36.1 Å². The Balaban J connectivity index is 1.36. The highest BCUT2D eigenvalue weighted by Crippen LogP contribution is 2.44. The van der Waals surface area contributed by atoms with Gasteiger partial charge in [-0.1, -0.05) is 42.5 Å². The summed E-state index contributed by atoms with van der Waals surface area (Å²) in [5.74, 6) is -1.90. The fourth-order valence-electron chi connectivity index (χ4n) is 5.22. The Morgan fingerprint density at radius 1 is 1.05 bits per heavy atom. The lowest BCUT2D eigenvalue weighted by Crippen LogP contribution is -2.42. The molecule has 0 saturated carbocycles. The molecule has 1 atom stereocenters. The van der Waals surface area contributed by atoms with Crippen molar-refractivity contribution in [1.82, 2.24) is 9.88 Å². The minimum atomic E-state index is -0.731. The van der Waals surface area contributed by atoms with Crippen molar-refractivity contribution in [3.05, 3.63) is 83.1 Å². The highest BCUT2D eigenvalue weighted by molar-refractivity contribution is 6.38. The van der Waals surface area contributed by atoms with Crippen molar-refractivity contribution in [2.24, 2.45) is 5.73 Å². The maximum Gasteiger partial charge on any atom is 0.290 e. The van der Waals surface area contributed by atoms with Gasteiger partial charge in [-0.15, -0.1) is 0 Å². The molecule has 3 aromatic rings. The highest BCUT2D eigenvalue weighted by atomic mass is 16.5. The lowest BCUT2D eigenvalue weighted by atomic mass is 9.92. The van der Waals surface area contributed by atoms with E-state index in [-0.39, 0.29) is 6.54 Å². The van der Waals surface area contributed by atoms with Crippen molar-refractivity contribution in [2.45, 2.75) is 18.8 Å². The fourth-order valence-corrected chi connectivity index (χ4v) is 5.22. The molecule has 39 heavy (non-hydrogen) atoms. The molecule has 1 fully saturated rings. The molecule has 1 saturated heterocycles. The molecule has 9 nitrogen and oxygen atoms in total. The zero-order chi connectivity index (χ0) is 27.5. The number of nitrogens with one attached hydrogen (secondary N) is 1. The minimum absolute atomic E-state index is 0.236. The Morgan fingerprint density at radius 2 is 1.74 bits per heavy atom. The highest BCUT2D eigenvalue weighted by Gasteiger charge is 2.39. The number of carbonyl (C=O) groups is 3. The number of ether oxygens (including phenoxy) is 1. The Hall–Kier alpha value is -4.97. The molecule has 9 heteroatoms. The van der Waals surface area contributed by atoms with Crippen LogP contribution in [-0.2, 0) is 9.59 Å². The maximum atomic E-state index is 13.5. The molecule has 0 bridgehead atoms. The number of benzene rings is 2. The maximum absolute atomic E-state index is 13.5. The Kier molecular flexibility index (Phi) is 7.10. The fraction of sp³-hybridized carbons (Fsp3) is 0.233. The summed E-state index contributed by atoms with van der Waals surface area (Å²) in [6.45, 7) is 0.978. The van der Waals surface area contributed by atoms with Gasteiger partial charge >= 0.3 is 0 Å². The monoisotopic (exact) mass is 521 g/mol. The first-order chi connectivity index (χ1) is 18.9. The number of anilines is 1. The summed E-state index contributed by atoms with van der Waals surface area (Å²) in [6, 6.07) is 18.5. The number of aromatic nitrogens is 1. The molecule has 2 aliphatic rings. The second-order valence-electron chi connectivity index (χ2n) is 9.45. The van der Waals surface area contributed by atoms with Crippen LogP contribution in [-0.4, -0.2) is 54.2 Å². The standard InChI is InChI=1S/C30H27N5O4/c1-39-24-17-34-26(20-7-9-21(10-8-20)29(32)37)27-25(24)23(16-33-27)28(36)30(38)35-13-11-19(12-14-35)22(15-31)18-5-3-2-4-6-18/h2-10,17,23,33H,11-14,16H2,1H3,(H2,32,37). The predicted molar refractivity (Wildman–Crippen MR) is 146 cm³/mol. The Morgan fingerprint density at radius 3 is 2.36 bits per heavy atom. The number of rotatable bonds is 6. The molecular formula is C30H27N5O4. The van der Waals surface area contributed by atoms with Crippen LogP contribution in [0.15, 0.2) is 66.4 Å². The van der Waals surface area contributed by atoms with Crippen LogP contribution in [0.4, 0.5) is 5.69 Å². The third-order valence-corrected chi connectivity index (χ3v) is 7.29. The van der Waals surface area contributed by atoms with Crippen molar-refractivity contribution < 1.29 is 19.1 Å². The summed E-state index contributed by atoms with van der Waals surface area (Å²) in [6.07, 6.45) is 2.61. The molecule has 2 aromatic carbocycles. The van der Waals surface area contributed by atoms with Gasteiger partial charge < -0.3 is 20.7 Å². The SMILES string of the molecule is COc1cnc(-c2ccc(C(N)=O)cc2)c2c1C(C(=O)C(=O)N1CCC(=C(C#N)c3ccccc3)CC1)CN2. The van der Waals surface area contributed by atoms with E-state index in [1.54, 1.807) is 35.4 Å². The van der Waals surface area contributed by atoms with Gasteiger partial charge in [-0.3, -0.25) is 19.4 Å². The quantitative estimate of drug-likeness (QED) is 0.374. The average Bonchev–Trinajstić information content (AvgIpc) is 3.43. The third kappa shape index (κ3) is 4.84. The van der Waals surface area contributed by atoms with Gasteiger partial charge in [0.1, 0.15) is 5.75 Å². The number of pyridine rings is 1. The molecule has 2 aliphatic heterocycles. The van der Waals surface area contributed by atoms with Gasteiger partial charge in [-0.2, -0.15) is 5.26 Å². The zero-order valence-electron chi connectivity index (χ0n) is 21.4. The number of Topliss-reactive ketones (excluding diaryl/α,β-unsaturated/α-hetero) is 1. The van der Waals surface area contributed by atoms with E-state index in [0.717, 1.165) is 16.7 Å². The van der Waals surface area contributed by atoms with Crippen molar-refractivity contribution in [2.75, 3.05) is 32.1 Å². The second kappa shape index (κ2) is 10.8. The molecule has 0 aliphatic carbocycles. The molecule has 3 N–H and O–H groups in total. The van der Waals surface area contributed by atoms with Crippen LogP contribution in [0.5, 0.6) is 5.75 Å². The van der Waals surface area contributed by atoms with E-state index in [0.29, 0.717) is 59.8 Å². The number of ketones is 1. The zero-order valence-corrected chi connectivity index (χ0v) is 21.4. The molecule has 196 valence electrons. The molecule has 3 heterocycles. The van der Waals surface area contributed by atoms with E-state index in [4.69, 9.17) is 10.5 Å². The number of likely N-dealkylation sites (tertiary alicyclic amines) is 1. The van der Waals surface area contributed by atoms with Crippen molar-refractivity contribution in [1.29, 1.82) is 5.26 Å². The van der Waals surface area contributed by atoms with Crippen LogP contribution in [0.2, 0.25) is 0 Å². The molecule has 0 spiro atoms. The number of carbonyl (C=O) groups excluding carboxylic acids is 3. The number of nitriles is 1. The number of piperidine rings is 1. The number of fused-ring (bicyclic) bond motifs is 1. The first-order valence-corrected chi connectivity index (χ1v) is 12.6. The van der Waals surface area contributed by atoms with Gasteiger partial charge in [0.15, 0.2) is 0 Å². The number of hydrogen-bond acceptors (Lipinski definition) is 7. The van der Waals surface area contributed by atoms with Crippen molar-refractivity contribution >= 4 is 28.9 Å². The van der Waals surface area contributed by atoms with Gasteiger partial charge in [0.25, 0.3) is 5.91 Å². The third-order valence-electron chi connectivity index (χ3n) is 7.29. The smallest absolute Gasteiger partial charge is 0.290 e. The van der Waals surface area contributed by atoms with Gasteiger partial charge in [0, 0.05) is 36.3 Å². The van der Waals surface area contributed by atoms with E-state index < -0.39 is 23.5 Å². The summed E-state index contributed by atoms with van der Waals surface area (Å²) in [5.41, 5.74) is 10.7. The number of hydrogen-bond donors (Lipinski definition) is 2. The van der Waals surface area contributed by atoms with Crippen molar-refractivity contribution in [3.8, 4) is 23.1 Å². The summed E-state index contributed by atoms with van der Waals surface area (Å²) in [5, 5.41) is 13.0. The second-order valence-corrected chi connectivity index (χ2v) is 9.45. The van der Waals surface area contributed by atoms with E-state index >= 15 is 0 Å². The van der Waals surface area contributed by atoms with Crippen LogP contribution >= 0.6 is 0 Å². The van der Waals surface area contributed by atoms with Crippen molar-refractivity contribution in [3.63, 3.8) is 0 Å². The lowest BCUT2D eigenvalue weighted by Gasteiger charge is -2.29. The molecular weight excluding hydrogens is 494 g/mol. The van der Waals surface area contributed by atoms with E-state index in [9.17, 15) is 19.6 Å². The van der Waals surface area contributed by atoms with E-state index in [2.05, 4.69) is 16.4 Å². The number of nitrogens with zero attached hydrogens (tertiary/aromatic N) is 3. The van der Waals surface area contributed by atoms with Crippen LogP contribution in [0.3, 0.4) is 0 Å². The molecule has 2 amide bonds. The molecule has 1 unspecified atom stereocenters. The Bertz CT molecular complexity index is 1510. The van der Waals surface area contributed by atoms with E-state index in [1.807, 2.05) is 30.3 Å². The normalized spacial score (nSPS) is 16.1. The van der Waals surface area contributed by atoms with Gasteiger partial charge in [0.05, 0.1) is 42.2 Å². The van der Waals surface area contributed by atoms with Gasteiger partial charge in [-0.25, -0.2) is 0 Å². The Labute approximate surface area is 225 Å². The summed E-state index contributed by atoms with van der Waals surface area (Å²) >= 11 is 0. The first-order valence-electron chi connectivity index (χ1n) is 12.6. The lowest BCUT2D eigenvalue weighted by molar-refractivity contribution is -0.145. The number of nitrogens with two attached hydrogens (primary N) is 1. The minimum Gasteiger partial charge on any atom is -0.495 e.